The van der Waals surface area contributed by atoms with Crippen LogP contribution in [-0.4, -0.2) is 41.5 Å². The summed E-state index contributed by atoms with van der Waals surface area (Å²) < 4.78 is 17.0. The minimum Gasteiger partial charge on any atom is -0.458 e. The Morgan fingerprint density at radius 3 is 2.46 bits per heavy atom. The van der Waals surface area contributed by atoms with Gasteiger partial charge in [-0.25, -0.2) is 4.79 Å². The van der Waals surface area contributed by atoms with Gasteiger partial charge in [0.2, 0.25) is 0 Å². The number of esters is 3. The molecule has 1 saturated heterocycles. The van der Waals surface area contributed by atoms with E-state index in [1.165, 1.54) is 19.9 Å². The molecule has 0 aromatic rings. The molecule has 0 spiro atoms. The molecule has 0 bridgehead atoms. The molecule has 0 saturated carbocycles. The molecule has 7 nitrogen and oxygen atoms in total. The summed E-state index contributed by atoms with van der Waals surface area (Å²) in [7, 11) is 0. The van der Waals surface area contributed by atoms with E-state index in [1.807, 2.05) is 0 Å². The number of allylic oxidation sites excluding steroid dienone is 1. The molecular weight excluding hydrogens is 364 g/mol. The van der Waals surface area contributed by atoms with E-state index in [9.17, 15) is 19.2 Å². The van der Waals surface area contributed by atoms with Crippen molar-refractivity contribution in [2.24, 2.45) is 11.8 Å². The van der Waals surface area contributed by atoms with Gasteiger partial charge in [0, 0.05) is 18.9 Å². The van der Waals surface area contributed by atoms with E-state index < -0.39 is 47.6 Å². The van der Waals surface area contributed by atoms with Crippen LogP contribution in [0.3, 0.4) is 0 Å². The molecule has 28 heavy (non-hydrogen) atoms. The number of carbonyl (C=O) groups excluding carboxylic acids is 4. The highest BCUT2D eigenvalue weighted by Gasteiger charge is 2.65. The van der Waals surface area contributed by atoms with Gasteiger partial charge >= 0.3 is 17.9 Å². The molecule has 3 rings (SSSR count). The van der Waals surface area contributed by atoms with Crippen LogP contribution in [0.2, 0.25) is 0 Å². The number of hydrogen-bond acceptors (Lipinski definition) is 7. The maximum atomic E-state index is 12.8. The Hall–Kier alpha value is -2.70. The van der Waals surface area contributed by atoms with Gasteiger partial charge in [-0.2, -0.15) is 0 Å². The van der Waals surface area contributed by atoms with E-state index >= 15 is 0 Å². The molecule has 1 fully saturated rings. The lowest BCUT2D eigenvalue weighted by molar-refractivity contribution is -0.171. The van der Waals surface area contributed by atoms with Crippen LogP contribution in [0.4, 0.5) is 0 Å². The number of ether oxygens (including phenoxy) is 3. The first-order valence-electron chi connectivity index (χ1n) is 9.20. The predicted octanol–water partition coefficient (Wildman–Crippen LogP) is 2.20. The summed E-state index contributed by atoms with van der Waals surface area (Å²) in [6.07, 6.45) is -0.0406. The van der Waals surface area contributed by atoms with E-state index in [4.69, 9.17) is 14.2 Å². The van der Waals surface area contributed by atoms with Crippen molar-refractivity contribution in [3.63, 3.8) is 0 Å². The van der Waals surface area contributed by atoms with Crippen LogP contribution in [0, 0.1) is 11.8 Å². The van der Waals surface area contributed by atoms with Crippen molar-refractivity contribution >= 4 is 23.7 Å². The highest BCUT2D eigenvalue weighted by molar-refractivity contribution is 6.11. The van der Waals surface area contributed by atoms with Crippen molar-refractivity contribution < 1.29 is 33.4 Å². The van der Waals surface area contributed by atoms with Gasteiger partial charge in [-0.05, 0) is 32.4 Å². The molecule has 0 aromatic carbocycles. The monoisotopic (exact) mass is 388 g/mol. The maximum Gasteiger partial charge on any atom is 0.333 e. The number of hydrogen-bond donors (Lipinski definition) is 0. The minimum atomic E-state index is -1.50. The second-order valence-corrected chi connectivity index (χ2v) is 7.83. The molecule has 0 unspecified atom stereocenters. The lowest BCUT2D eigenvalue weighted by Gasteiger charge is -2.38. The lowest BCUT2D eigenvalue weighted by Crippen LogP contribution is -2.52. The number of fused-ring (bicyclic) bond motifs is 3. The van der Waals surface area contributed by atoms with E-state index in [-0.39, 0.29) is 23.4 Å². The highest BCUT2D eigenvalue weighted by atomic mass is 16.6. The Labute approximate surface area is 163 Å². The Kier molecular flexibility index (Phi) is 4.81. The van der Waals surface area contributed by atoms with E-state index in [0.29, 0.717) is 11.1 Å². The number of rotatable bonds is 3. The van der Waals surface area contributed by atoms with Crippen LogP contribution in [-0.2, 0) is 33.4 Å². The zero-order chi connectivity index (χ0) is 21.0. The molecule has 1 aliphatic heterocycles. The van der Waals surface area contributed by atoms with E-state index in [1.54, 1.807) is 20.8 Å². The van der Waals surface area contributed by atoms with Crippen LogP contribution < -0.4 is 0 Å². The van der Waals surface area contributed by atoms with Crippen molar-refractivity contribution in [3.8, 4) is 0 Å². The van der Waals surface area contributed by atoms with Crippen LogP contribution in [0.5, 0.6) is 0 Å². The Morgan fingerprint density at radius 2 is 1.89 bits per heavy atom. The van der Waals surface area contributed by atoms with Crippen LogP contribution in [0.15, 0.2) is 34.9 Å². The van der Waals surface area contributed by atoms with Crippen molar-refractivity contribution in [1.29, 1.82) is 0 Å². The first kappa shape index (κ1) is 20.0. The smallest absolute Gasteiger partial charge is 0.333 e. The molecule has 3 aliphatic rings. The van der Waals surface area contributed by atoms with Gasteiger partial charge in [-0.3, -0.25) is 14.4 Å². The van der Waals surface area contributed by atoms with E-state index in [0.717, 1.165) is 0 Å². The predicted molar refractivity (Wildman–Crippen MR) is 97.8 cm³/mol. The molecule has 150 valence electrons. The Bertz CT molecular complexity index is 862. The number of ketones is 1. The largest absolute Gasteiger partial charge is 0.458 e. The lowest BCUT2D eigenvalue weighted by atomic mass is 9.76. The summed E-state index contributed by atoms with van der Waals surface area (Å²) >= 11 is 0. The van der Waals surface area contributed by atoms with Gasteiger partial charge in [-0.1, -0.05) is 19.1 Å². The van der Waals surface area contributed by atoms with Gasteiger partial charge < -0.3 is 14.2 Å². The first-order valence-corrected chi connectivity index (χ1v) is 9.20. The summed E-state index contributed by atoms with van der Waals surface area (Å²) in [5.41, 5.74) is 0.141. The summed E-state index contributed by atoms with van der Waals surface area (Å²) in [5.74, 6) is -3.14. The quantitative estimate of drug-likeness (QED) is 0.415. The van der Waals surface area contributed by atoms with Crippen molar-refractivity contribution in [2.75, 3.05) is 0 Å². The SMILES string of the molecule is C=C(C)C(=O)O[C@H]1CC(C)=C2C(=O)C=C(C)[C@@]2(OC(C)=O)[C@@H]2OC(=O)[C@H](C)[C@H]12. The molecule has 2 aliphatic carbocycles. The average molecular weight is 388 g/mol. The topological polar surface area (TPSA) is 96.0 Å². The first-order chi connectivity index (χ1) is 13.0. The van der Waals surface area contributed by atoms with Crippen molar-refractivity contribution in [2.45, 2.75) is 58.8 Å². The van der Waals surface area contributed by atoms with Gasteiger partial charge in [0.1, 0.15) is 6.10 Å². The summed E-state index contributed by atoms with van der Waals surface area (Å²) in [4.78, 5) is 49.4. The molecular formula is C21H24O7. The fourth-order valence-electron chi connectivity index (χ4n) is 4.57. The zero-order valence-corrected chi connectivity index (χ0v) is 16.7. The normalized spacial score (nSPS) is 34.1. The molecule has 7 heteroatoms. The summed E-state index contributed by atoms with van der Waals surface area (Å²) in [5, 5.41) is 0. The van der Waals surface area contributed by atoms with Crippen molar-refractivity contribution in [3.05, 3.63) is 34.9 Å². The standard InChI is InChI=1S/C21H24O7/c1-9(2)19(24)26-15-7-10(3)17-14(23)8-11(4)21(17,28-13(6)22)18-16(15)12(5)20(25)27-18/h8,12,15-16,18H,1,7H2,2-6H3/t12-,15+,16-,18-,21+/m1/s1. The maximum absolute atomic E-state index is 12.8. The van der Waals surface area contributed by atoms with Crippen molar-refractivity contribution in [1.82, 2.24) is 0 Å². The third kappa shape index (κ3) is 2.80. The third-order valence-electron chi connectivity index (χ3n) is 5.77. The number of carbonyl (C=O) groups is 4. The fraction of sp³-hybridized carbons (Fsp3) is 0.524. The molecule has 5 atom stereocenters. The van der Waals surface area contributed by atoms with Gasteiger partial charge in [0.15, 0.2) is 17.5 Å². The van der Waals surface area contributed by atoms with Gasteiger partial charge in [-0.15, -0.1) is 0 Å². The summed E-state index contributed by atoms with van der Waals surface area (Å²) in [6.45, 7) is 11.5. The average Bonchev–Trinajstić information content (AvgIpc) is 2.97. The third-order valence-corrected chi connectivity index (χ3v) is 5.77. The molecule has 0 N–H and O–H groups in total. The molecule has 0 amide bonds. The molecule has 0 radical (unpaired) electrons. The fourth-order valence-corrected chi connectivity index (χ4v) is 4.57. The zero-order valence-electron chi connectivity index (χ0n) is 16.7. The Balaban J connectivity index is 2.20. The Morgan fingerprint density at radius 1 is 1.25 bits per heavy atom. The van der Waals surface area contributed by atoms with Crippen LogP contribution in [0.25, 0.3) is 0 Å². The molecule has 1 heterocycles. The second-order valence-electron chi connectivity index (χ2n) is 7.83. The second kappa shape index (κ2) is 6.72. The minimum absolute atomic E-state index is 0.228. The summed E-state index contributed by atoms with van der Waals surface area (Å²) in [6, 6.07) is 0. The van der Waals surface area contributed by atoms with Gasteiger partial charge in [0.05, 0.1) is 17.4 Å². The highest BCUT2D eigenvalue weighted by Crippen LogP contribution is 2.53. The van der Waals surface area contributed by atoms with Crippen LogP contribution >= 0.6 is 0 Å². The van der Waals surface area contributed by atoms with E-state index in [2.05, 4.69) is 6.58 Å². The molecule has 0 aromatic heterocycles. The van der Waals surface area contributed by atoms with Crippen LogP contribution in [0.1, 0.15) is 41.0 Å². The van der Waals surface area contributed by atoms with Gasteiger partial charge in [0.25, 0.3) is 0 Å².